The first-order valence-corrected chi connectivity index (χ1v) is 9.97. The van der Waals surface area contributed by atoms with Crippen LogP contribution in [0.4, 0.5) is 0 Å². The lowest BCUT2D eigenvalue weighted by Gasteiger charge is -2.23. The van der Waals surface area contributed by atoms with Crippen LogP contribution in [0, 0.1) is 11.8 Å². The molecule has 2 aliphatic rings. The number of ether oxygens (including phenoxy) is 1. The van der Waals surface area contributed by atoms with Crippen molar-refractivity contribution in [2.45, 2.75) is 63.6 Å². The fraction of sp³-hybridized carbons (Fsp3) is 0.522. The van der Waals surface area contributed by atoms with Crippen molar-refractivity contribution in [2.75, 3.05) is 0 Å². The molecule has 1 N–H and O–H groups in total. The van der Waals surface area contributed by atoms with Gasteiger partial charge in [-0.2, -0.15) is 0 Å². The second-order valence-corrected chi connectivity index (χ2v) is 7.51. The summed E-state index contributed by atoms with van der Waals surface area (Å²) in [6, 6.07) is 10.3. The third-order valence-electron chi connectivity index (χ3n) is 5.57. The van der Waals surface area contributed by atoms with E-state index in [1.54, 1.807) is 0 Å². The molecule has 1 saturated carbocycles. The van der Waals surface area contributed by atoms with Crippen LogP contribution in [0.15, 0.2) is 54.6 Å². The summed E-state index contributed by atoms with van der Waals surface area (Å²) in [7, 11) is 0. The summed E-state index contributed by atoms with van der Waals surface area (Å²) in [6.07, 6.45) is 15.0. The molecule has 1 aliphatic heterocycles. The highest BCUT2D eigenvalue weighted by molar-refractivity contribution is 5.69. The summed E-state index contributed by atoms with van der Waals surface area (Å²) < 4.78 is 5.72. The lowest BCUT2D eigenvalue weighted by atomic mass is 9.90. The minimum atomic E-state index is -0.424. The predicted octanol–water partition coefficient (Wildman–Crippen LogP) is 4.60. The van der Waals surface area contributed by atoms with E-state index in [4.69, 9.17) is 4.74 Å². The summed E-state index contributed by atoms with van der Waals surface area (Å²) >= 11 is 0. The van der Waals surface area contributed by atoms with Crippen molar-refractivity contribution in [3.8, 4) is 0 Å². The molecule has 1 aromatic carbocycles. The Hall–Kier alpha value is -1.87. The van der Waals surface area contributed by atoms with Crippen LogP contribution in [0.3, 0.4) is 0 Å². The number of hydrogen-bond donors (Lipinski definition) is 1. The Labute approximate surface area is 156 Å². The van der Waals surface area contributed by atoms with Crippen LogP contribution < -0.4 is 0 Å². The first-order valence-electron chi connectivity index (χ1n) is 9.97. The van der Waals surface area contributed by atoms with Gasteiger partial charge in [0.15, 0.2) is 0 Å². The van der Waals surface area contributed by atoms with Crippen molar-refractivity contribution in [3.63, 3.8) is 0 Å². The molecule has 3 rings (SSSR count). The van der Waals surface area contributed by atoms with Crippen LogP contribution in [-0.2, 0) is 16.0 Å². The number of aliphatic hydroxyl groups is 1. The Morgan fingerprint density at radius 3 is 2.88 bits per heavy atom. The maximum Gasteiger partial charge on any atom is 0.306 e. The lowest BCUT2D eigenvalue weighted by molar-refractivity contribution is -0.151. The fourth-order valence-electron chi connectivity index (χ4n) is 4.06. The molecule has 0 aromatic heterocycles. The van der Waals surface area contributed by atoms with Crippen molar-refractivity contribution in [2.24, 2.45) is 11.8 Å². The van der Waals surface area contributed by atoms with Crippen LogP contribution in [0.2, 0.25) is 0 Å². The van der Waals surface area contributed by atoms with Gasteiger partial charge in [-0.05, 0) is 56.4 Å². The zero-order valence-electron chi connectivity index (χ0n) is 15.4. The Kier molecular flexibility index (Phi) is 7.07. The Balaban J connectivity index is 1.55. The van der Waals surface area contributed by atoms with Gasteiger partial charge in [0.05, 0.1) is 6.10 Å². The van der Waals surface area contributed by atoms with Gasteiger partial charge in [-0.1, -0.05) is 54.6 Å². The number of benzene rings is 1. The number of esters is 1. The summed E-state index contributed by atoms with van der Waals surface area (Å²) in [6.45, 7) is 0. The van der Waals surface area contributed by atoms with E-state index in [1.807, 2.05) is 24.3 Å². The molecule has 26 heavy (non-hydrogen) atoms. The van der Waals surface area contributed by atoms with Crippen LogP contribution >= 0.6 is 0 Å². The van der Waals surface area contributed by atoms with Crippen molar-refractivity contribution in [3.05, 3.63) is 60.2 Å². The number of aliphatic hydroxyl groups excluding tert-OH is 1. The Morgan fingerprint density at radius 1 is 1.19 bits per heavy atom. The largest absolute Gasteiger partial charge is 0.462 e. The smallest absolute Gasteiger partial charge is 0.306 e. The molecular formula is C23H30O3. The van der Waals surface area contributed by atoms with Crippen molar-refractivity contribution >= 4 is 5.97 Å². The summed E-state index contributed by atoms with van der Waals surface area (Å²) in [5, 5.41) is 10.3. The van der Waals surface area contributed by atoms with E-state index >= 15 is 0 Å². The van der Waals surface area contributed by atoms with Crippen LogP contribution in [0.25, 0.3) is 0 Å². The molecule has 0 bridgehead atoms. The average Bonchev–Trinajstić information content (AvgIpc) is 3.04. The number of rotatable bonds is 5. The Bertz CT molecular complexity index is 620. The average molecular weight is 354 g/mol. The number of carbonyl (C=O) groups excluding carboxylic acids is 1. The minimum absolute atomic E-state index is 0.0290. The lowest BCUT2D eigenvalue weighted by Crippen LogP contribution is -2.25. The van der Waals surface area contributed by atoms with E-state index in [-0.39, 0.29) is 12.1 Å². The fourth-order valence-corrected chi connectivity index (χ4v) is 4.06. The van der Waals surface area contributed by atoms with E-state index in [2.05, 4.69) is 30.4 Å². The molecule has 4 atom stereocenters. The van der Waals surface area contributed by atoms with Crippen molar-refractivity contribution < 1.29 is 14.6 Å². The highest BCUT2D eigenvalue weighted by Gasteiger charge is 2.36. The molecule has 3 nitrogen and oxygen atoms in total. The van der Waals surface area contributed by atoms with Crippen LogP contribution in [0.1, 0.15) is 50.5 Å². The molecule has 0 radical (unpaired) electrons. The van der Waals surface area contributed by atoms with Gasteiger partial charge >= 0.3 is 5.97 Å². The highest BCUT2D eigenvalue weighted by atomic mass is 16.5. The van der Waals surface area contributed by atoms with E-state index in [1.165, 1.54) is 5.56 Å². The number of fused-ring (bicyclic) bond motifs is 1. The normalized spacial score (nSPS) is 29.1. The van der Waals surface area contributed by atoms with Gasteiger partial charge < -0.3 is 9.84 Å². The van der Waals surface area contributed by atoms with Crippen molar-refractivity contribution in [1.82, 2.24) is 0 Å². The third kappa shape index (κ3) is 5.57. The van der Waals surface area contributed by atoms with Gasteiger partial charge in [0.25, 0.3) is 0 Å². The molecule has 0 spiro atoms. The molecule has 3 heteroatoms. The number of carbonyl (C=O) groups is 1. The second-order valence-electron chi connectivity index (χ2n) is 7.51. The molecule has 0 amide bonds. The molecule has 0 unspecified atom stereocenters. The molecule has 1 fully saturated rings. The molecule has 1 heterocycles. The van der Waals surface area contributed by atoms with E-state index < -0.39 is 6.10 Å². The monoisotopic (exact) mass is 354 g/mol. The quantitative estimate of drug-likeness (QED) is 0.621. The topological polar surface area (TPSA) is 46.5 Å². The standard InChI is InChI=1S/C23H30O3/c24-20(15-12-18-8-4-3-5-9-18)16-13-19-14-17-22-21(19)10-6-1-2-7-11-23(25)26-22/h1,3-6,8-9,13,16,19-22,24H,2,7,10-12,14-15,17H2/b6-1-,16-13+/t19-,20-,21+,22-/m0/s1. The molecule has 0 saturated heterocycles. The van der Waals surface area contributed by atoms with Crippen LogP contribution in [0.5, 0.6) is 0 Å². The first-order chi connectivity index (χ1) is 12.7. The molecule has 1 aromatic rings. The zero-order chi connectivity index (χ0) is 18.2. The molecule has 140 valence electrons. The zero-order valence-corrected chi connectivity index (χ0v) is 15.4. The van der Waals surface area contributed by atoms with E-state index in [9.17, 15) is 9.90 Å². The minimum Gasteiger partial charge on any atom is -0.462 e. The first kappa shape index (κ1) is 18.9. The summed E-state index contributed by atoms with van der Waals surface area (Å²) in [5.41, 5.74) is 1.25. The second kappa shape index (κ2) is 9.72. The van der Waals surface area contributed by atoms with Gasteiger partial charge in [-0.3, -0.25) is 4.79 Å². The number of aryl methyl sites for hydroxylation is 1. The van der Waals surface area contributed by atoms with Gasteiger partial charge in [-0.15, -0.1) is 0 Å². The number of allylic oxidation sites excluding steroid dienone is 3. The van der Waals surface area contributed by atoms with Gasteiger partial charge in [0.2, 0.25) is 0 Å². The van der Waals surface area contributed by atoms with Gasteiger partial charge in [-0.25, -0.2) is 0 Å². The SMILES string of the molecule is O=C1CCC/C=C\C[C@H]2[C@H](CC[C@@H]2/C=C/[C@@H](O)CCc2ccccc2)O1. The third-order valence-corrected chi connectivity index (χ3v) is 5.57. The van der Waals surface area contributed by atoms with E-state index in [0.717, 1.165) is 44.9 Å². The Morgan fingerprint density at radius 2 is 2.04 bits per heavy atom. The maximum atomic E-state index is 11.9. The number of hydrogen-bond acceptors (Lipinski definition) is 3. The summed E-state index contributed by atoms with van der Waals surface area (Å²) in [5.74, 6) is 0.664. The van der Waals surface area contributed by atoms with Gasteiger partial charge in [0, 0.05) is 12.3 Å². The summed E-state index contributed by atoms with van der Waals surface area (Å²) in [4.78, 5) is 11.9. The molecule has 1 aliphatic carbocycles. The van der Waals surface area contributed by atoms with Gasteiger partial charge in [0.1, 0.15) is 6.10 Å². The highest BCUT2D eigenvalue weighted by Crippen LogP contribution is 2.38. The van der Waals surface area contributed by atoms with Crippen LogP contribution in [-0.4, -0.2) is 23.3 Å². The molecular weight excluding hydrogens is 324 g/mol. The van der Waals surface area contributed by atoms with E-state index in [0.29, 0.717) is 18.3 Å². The predicted molar refractivity (Wildman–Crippen MR) is 104 cm³/mol. The maximum absolute atomic E-state index is 11.9. The van der Waals surface area contributed by atoms with Crippen molar-refractivity contribution in [1.29, 1.82) is 0 Å².